The van der Waals surface area contributed by atoms with Gasteiger partial charge in [0.2, 0.25) is 0 Å². The molecule has 1 aromatic rings. The zero-order valence-electron chi connectivity index (χ0n) is 9.00. The molecule has 0 radical (unpaired) electrons. The van der Waals surface area contributed by atoms with Crippen LogP contribution in [0.3, 0.4) is 0 Å². The minimum Gasteiger partial charge on any atom is -0.388 e. The molecule has 3 heteroatoms. The van der Waals surface area contributed by atoms with Gasteiger partial charge in [-0.2, -0.15) is 0 Å². The summed E-state index contributed by atoms with van der Waals surface area (Å²) in [5.41, 5.74) is 0.635. The Kier molecular flexibility index (Phi) is 4.74. The van der Waals surface area contributed by atoms with E-state index in [1.54, 1.807) is 6.07 Å². The van der Waals surface area contributed by atoms with Crippen LogP contribution in [0.5, 0.6) is 0 Å². The van der Waals surface area contributed by atoms with Crippen LogP contribution in [0, 0.1) is 11.7 Å². The van der Waals surface area contributed by atoms with Crippen molar-refractivity contribution in [2.75, 3.05) is 0 Å². The summed E-state index contributed by atoms with van der Waals surface area (Å²) < 4.78 is 13.8. The van der Waals surface area contributed by atoms with E-state index in [4.69, 9.17) is 0 Å². The standard InChI is InChI=1S/C12H16BrFO/c1-3-4-8(2)12(15)10-7-9(14)5-6-11(10)13/h5-8,12,15H,3-4H2,1-2H3. The number of rotatable bonds is 4. The van der Waals surface area contributed by atoms with Crippen molar-refractivity contribution in [3.63, 3.8) is 0 Å². The van der Waals surface area contributed by atoms with Gasteiger partial charge in [0.25, 0.3) is 0 Å². The zero-order chi connectivity index (χ0) is 11.4. The molecule has 0 aliphatic heterocycles. The molecule has 0 amide bonds. The topological polar surface area (TPSA) is 20.2 Å². The summed E-state index contributed by atoms with van der Waals surface area (Å²) >= 11 is 3.32. The largest absolute Gasteiger partial charge is 0.388 e. The van der Waals surface area contributed by atoms with Crippen LogP contribution in [0.2, 0.25) is 0 Å². The molecule has 1 nitrogen and oxygen atoms in total. The van der Waals surface area contributed by atoms with Crippen molar-refractivity contribution in [1.82, 2.24) is 0 Å². The van der Waals surface area contributed by atoms with E-state index < -0.39 is 6.10 Å². The van der Waals surface area contributed by atoms with Crippen LogP contribution in [0.25, 0.3) is 0 Å². The highest BCUT2D eigenvalue weighted by molar-refractivity contribution is 9.10. The molecule has 0 fully saturated rings. The van der Waals surface area contributed by atoms with Crippen LogP contribution in [-0.2, 0) is 0 Å². The fraction of sp³-hybridized carbons (Fsp3) is 0.500. The Morgan fingerprint density at radius 1 is 1.47 bits per heavy atom. The Bertz CT molecular complexity index is 327. The third kappa shape index (κ3) is 3.28. The average molecular weight is 275 g/mol. The second-order valence-electron chi connectivity index (χ2n) is 3.88. The van der Waals surface area contributed by atoms with Gasteiger partial charge < -0.3 is 5.11 Å². The van der Waals surface area contributed by atoms with Gasteiger partial charge in [0.15, 0.2) is 0 Å². The van der Waals surface area contributed by atoms with Gasteiger partial charge in [0, 0.05) is 4.47 Å². The van der Waals surface area contributed by atoms with Gasteiger partial charge in [-0.1, -0.05) is 36.2 Å². The monoisotopic (exact) mass is 274 g/mol. The molecule has 84 valence electrons. The molecule has 0 aromatic heterocycles. The van der Waals surface area contributed by atoms with E-state index in [9.17, 15) is 9.50 Å². The summed E-state index contributed by atoms with van der Waals surface area (Å²) in [6.45, 7) is 4.05. The highest BCUT2D eigenvalue weighted by atomic mass is 79.9. The van der Waals surface area contributed by atoms with Gasteiger partial charge in [-0.05, 0) is 36.1 Å². The predicted molar refractivity (Wildman–Crippen MR) is 63.1 cm³/mol. The van der Waals surface area contributed by atoms with E-state index in [1.807, 2.05) is 6.92 Å². The summed E-state index contributed by atoms with van der Waals surface area (Å²) in [5.74, 6) is -0.163. The molecule has 15 heavy (non-hydrogen) atoms. The van der Waals surface area contributed by atoms with E-state index >= 15 is 0 Å². The van der Waals surface area contributed by atoms with E-state index in [1.165, 1.54) is 12.1 Å². The van der Waals surface area contributed by atoms with Crippen LogP contribution in [-0.4, -0.2) is 5.11 Å². The van der Waals surface area contributed by atoms with Gasteiger partial charge in [0.05, 0.1) is 6.10 Å². The van der Waals surface area contributed by atoms with Gasteiger partial charge in [-0.15, -0.1) is 0 Å². The van der Waals surface area contributed by atoms with Crippen LogP contribution < -0.4 is 0 Å². The first-order valence-electron chi connectivity index (χ1n) is 5.19. The normalized spacial score (nSPS) is 15.0. The summed E-state index contributed by atoms with van der Waals surface area (Å²) in [4.78, 5) is 0. The molecule has 0 heterocycles. The molecule has 1 N–H and O–H groups in total. The molecule has 0 spiro atoms. The number of halogens is 2. The molecular formula is C12H16BrFO. The molecule has 1 aromatic carbocycles. The fourth-order valence-corrected chi connectivity index (χ4v) is 2.14. The maximum absolute atomic E-state index is 13.0. The molecule has 2 atom stereocenters. The lowest BCUT2D eigenvalue weighted by atomic mass is 9.94. The van der Waals surface area contributed by atoms with Crippen molar-refractivity contribution < 1.29 is 9.50 Å². The second kappa shape index (κ2) is 5.61. The Hall–Kier alpha value is -0.410. The zero-order valence-corrected chi connectivity index (χ0v) is 10.6. The van der Waals surface area contributed by atoms with Gasteiger partial charge in [-0.3, -0.25) is 0 Å². The number of hydrogen-bond acceptors (Lipinski definition) is 1. The number of aliphatic hydroxyl groups excluding tert-OH is 1. The highest BCUT2D eigenvalue weighted by Crippen LogP contribution is 2.31. The summed E-state index contributed by atoms with van der Waals surface area (Å²) in [5, 5.41) is 10.0. The van der Waals surface area contributed by atoms with Gasteiger partial charge in [-0.25, -0.2) is 4.39 Å². The summed E-state index contributed by atoms with van der Waals surface area (Å²) in [6, 6.07) is 4.40. The lowest BCUT2D eigenvalue weighted by Crippen LogP contribution is -2.09. The first kappa shape index (κ1) is 12.7. The van der Waals surface area contributed by atoms with Crippen molar-refractivity contribution in [3.8, 4) is 0 Å². The fourth-order valence-electron chi connectivity index (χ4n) is 1.66. The van der Waals surface area contributed by atoms with Gasteiger partial charge in [0.1, 0.15) is 5.82 Å². The van der Waals surface area contributed by atoms with Crippen LogP contribution >= 0.6 is 15.9 Å². The average Bonchev–Trinajstić information content (AvgIpc) is 2.21. The van der Waals surface area contributed by atoms with Crippen LogP contribution in [0.15, 0.2) is 22.7 Å². The van der Waals surface area contributed by atoms with Crippen molar-refractivity contribution in [1.29, 1.82) is 0 Å². The minimum absolute atomic E-state index is 0.146. The lowest BCUT2D eigenvalue weighted by molar-refractivity contribution is 0.111. The first-order valence-corrected chi connectivity index (χ1v) is 5.98. The maximum Gasteiger partial charge on any atom is 0.123 e. The van der Waals surface area contributed by atoms with Crippen molar-refractivity contribution in [3.05, 3.63) is 34.1 Å². The van der Waals surface area contributed by atoms with E-state index in [0.29, 0.717) is 5.56 Å². The molecular weight excluding hydrogens is 259 g/mol. The van der Waals surface area contributed by atoms with Gasteiger partial charge >= 0.3 is 0 Å². The molecule has 1 rings (SSSR count). The molecule has 0 aliphatic carbocycles. The SMILES string of the molecule is CCCC(C)C(O)c1cc(F)ccc1Br. The molecule has 0 saturated heterocycles. The smallest absolute Gasteiger partial charge is 0.123 e. The Labute approximate surface area is 98.4 Å². The van der Waals surface area contributed by atoms with Crippen molar-refractivity contribution in [2.24, 2.45) is 5.92 Å². The Balaban J connectivity index is 2.89. The van der Waals surface area contributed by atoms with E-state index in [0.717, 1.165) is 17.3 Å². The predicted octanol–water partition coefficient (Wildman–Crippen LogP) is 4.06. The van der Waals surface area contributed by atoms with Crippen LogP contribution in [0.4, 0.5) is 4.39 Å². The quantitative estimate of drug-likeness (QED) is 0.878. The number of hydrogen-bond donors (Lipinski definition) is 1. The van der Waals surface area contributed by atoms with E-state index in [2.05, 4.69) is 22.9 Å². The lowest BCUT2D eigenvalue weighted by Gasteiger charge is -2.19. The van der Waals surface area contributed by atoms with Crippen molar-refractivity contribution >= 4 is 15.9 Å². The number of aliphatic hydroxyl groups is 1. The highest BCUT2D eigenvalue weighted by Gasteiger charge is 2.18. The molecule has 0 saturated carbocycles. The molecule has 0 bridgehead atoms. The third-order valence-corrected chi connectivity index (χ3v) is 3.28. The molecule has 0 aliphatic rings. The summed E-state index contributed by atoms with van der Waals surface area (Å²) in [7, 11) is 0. The number of benzene rings is 1. The van der Waals surface area contributed by atoms with Crippen LogP contribution in [0.1, 0.15) is 38.4 Å². The third-order valence-electron chi connectivity index (χ3n) is 2.56. The minimum atomic E-state index is -0.602. The van der Waals surface area contributed by atoms with E-state index in [-0.39, 0.29) is 11.7 Å². The Morgan fingerprint density at radius 2 is 2.13 bits per heavy atom. The van der Waals surface area contributed by atoms with Crippen molar-refractivity contribution in [2.45, 2.75) is 32.8 Å². The second-order valence-corrected chi connectivity index (χ2v) is 4.73. The summed E-state index contributed by atoms with van der Waals surface area (Å²) in [6.07, 6.45) is 1.35. The first-order chi connectivity index (χ1) is 7.06. The Morgan fingerprint density at radius 3 is 2.73 bits per heavy atom. The maximum atomic E-state index is 13.0. The molecule has 2 unspecified atom stereocenters.